The van der Waals surface area contributed by atoms with Gasteiger partial charge in [-0.2, -0.15) is 0 Å². The minimum absolute atomic E-state index is 0.141. The first kappa shape index (κ1) is 18.9. The first-order chi connectivity index (χ1) is 13.0. The molecule has 144 valence electrons. The van der Waals surface area contributed by atoms with Gasteiger partial charge in [0.25, 0.3) is 0 Å². The summed E-state index contributed by atoms with van der Waals surface area (Å²) in [5, 5.41) is 5.21. The zero-order chi connectivity index (χ0) is 19.4. The number of benzene rings is 1. The molecule has 8 heteroatoms. The SMILES string of the molecule is CN1CC(=O)NCC(=O)N[C@H](Cc2ccccc2)C(=O)N2CCC[C@H]2C1=O. The van der Waals surface area contributed by atoms with Crippen LogP contribution in [0.4, 0.5) is 0 Å². The highest BCUT2D eigenvalue weighted by Crippen LogP contribution is 2.21. The number of carbonyl (C=O) groups excluding carboxylic acids is 4. The Labute approximate surface area is 157 Å². The zero-order valence-corrected chi connectivity index (χ0v) is 15.3. The highest BCUT2D eigenvalue weighted by Gasteiger charge is 2.39. The maximum absolute atomic E-state index is 13.2. The molecule has 2 fully saturated rings. The molecule has 0 saturated carbocycles. The molecule has 1 aromatic carbocycles. The molecule has 2 heterocycles. The Morgan fingerprint density at radius 1 is 1.04 bits per heavy atom. The second-order valence-corrected chi connectivity index (χ2v) is 6.97. The van der Waals surface area contributed by atoms with Gasteiger partial charge in [-0.15, -0.1) is 0 Å². The van der Waals surface area contributed by atoms with E-state index in [1.165, 1.54) is 11.9 Å². The largest absolute Gasteiger partial charge is 0.345 e. The molecule has 0 bridgehead atoms. The Bertz CT molecular complexity index is 736. The number of amides is 4. The van der Waals surface area contributed by atoms with Crippen molar-refractivity contribution in [3.05, 3.63) is 35.9 Å². The van der Waals surface area contributed by atoms with Crippen molar-refractivity contribution in [2.24, 2.45) is 0 Å². The summed E-state index contributed by atoms with van der Waals surface area (Å²) < 4.78 is 0. The van der Waals surface area contributed by atoms with Gasteiger partial charge in [0, 0.05) is 20.0 Å². The van der Waals surface area contributed by atoms with Gasteiger partial charge < -0.3 is 20.4 Å². The summed E-state index contributed by atoms with van der Waals surface area (Å²) in [5.41, 5.74) is 0.909. The normalized spacial score (nSPS) is 24.6. The van der Waals surface area contributed by atoms with Gasteiger partial charge in [0.15, 0.2) is 0 Å². The number of nitrogens with one attached hydrogen (secondary N) is 2. The van der Waals surface area contributed by atoms with Gasteiger partial charge in [0.1, 0.15) is 12.1 Å². The van der Waals surface area contributed by atoms with Crippen LogP contribution in [-0.4, -0.2) is 72.2 Å². The van der Waals surface area contributed by atoms with Crippen molar-refractivity contribution in [2.75, 3.05) is 26.7 Å². The van der Waals surface area contributed by atoms with E-state index in [2.05, 4.69) is 10.6 Å². The highest BCUT2D eigenvalue weighted by molar-refractivity contribution is 5.95. The molecule has 27 heavy (non-hydrogen) atoms. The molecule has 8 nitrogen and oxygen atoms in total. The third-order valence-electron chi connectivity index (χ3n) is 4.94. The van der Waals surface area contributed by atoms with Crippen LogP contribution in [0.25, 0.3) is 0 Å². The fourth-order valence-corrected chi connectivity index (χ4v) is 3.57. The van der Waals surface area contributed by atoms with Gasteiger partial charge in [-0.25, -0.2) is 0 Å². The summed E-state index contributed by atoms with van der Waals surface area (Å²) in [7, 11) is 1.54. The standard InChI is InChI=1S/C19H24N4O4/c1-22-12-17(25)20-11-16(24)21-14(10-13-6-3-2-4-7-13)18(26)23-9-5-8-15(23)19(22)27/h2-4,6-7,14-15H,5,8-12H2,1H3,(H,20,25)(H,21,24)/t14-,15+/m1/s1. The average molecular weight is 372 g/mol. The summed E-state index contributed by atoms with van der Waals surface area (Å²) in [6.45, 7) is 0.0946. The van der Waals surface area contributed by atoms with Gasteiger partial charge in [-0.1, -0.05) is 30.3 Å². The van der Waals surface area contributed by atoms with Crippen molar-refractivity contribution in [3.8, 4) is 0 Å². The lowest BCUT2D eigenvalue weighted by molar-refractivity contribution is -0.146. The molecule has 0 aliphatic carbocycles. The molecule has 0 radical (unpaired) electrons. The zero-order valence-electron chi connectivity index (χ0n) is 15.3. The molecule has 2 aliphatic heterocycles. The quantitative estimate of drug-likeness (QED) is 0.717. The van der Waals surface area contributed by atoms with Crippen LogP contribution in [0.3, 0.4) is 0 Å². The van der Waals surface area contributed by atoms with Crippen LogP contribution < -0.4 is 10.6 Å². The molecule has 1 aromatic rings. The third kappa shape index (κ3) is 4.45. The van der Waals surface area contributed by atoms with E-state index < -0.39 is 23.9 Å². The Hall–Kier alpha value is -2.90. The first-order valence-corrected chi connectivity index (χ1v) is 9.11. The van der Waals surface area contributed by atoms with Crippen LogP contribution in [0.2, 0.25) is 0 Å². The predicted molar refractivity (Wildman–Crippen MR) is 97.5 cm³/mol. The maximum Gasteiger partial charge on any atom is 0.246 e. The fraction of sp³-hybridized carbons (Fsp3) is 0.474. The second kappa shape index (κ2) is 8.20. The molecule has 3 rings (SSSR count). The van der Waals surface area contributed by atoms with Crippen LogP contribution in [0.15, 0.2) is 30.3 Å². The van der Waals surface area contributed by atoms with E-state index >= 15 is 0 Å². The second-order valence-electron chi connectivity index (χ2n) is 6.97. The number of likely N-dealkylation sites (N-methyl/N-ethyl adjacent to an activating group) is 1. The summed E-state index contributed by atoms with van der Waals surface area (Å²) in [5.74, 6) is -1.34. The summed E-state index contributed by atoms with van der Waals surface area (Å²) in [6, 6.07) is 8.02. The highest BCUT2D eigenvalue weighted by atomic mass is 16.2. The van der Waals surface area contributed by atoms with E-state index in [-0.39, 0.29) is 24.9 Å². The smallest absolute Gasteiger partial charge is 0.246 e. The number of hydrogen-bond donors (Lipinski definition) is 2. The number of rotatable bonds is 2. The maximum atomic E-state index is 13.2. The lowest BCUT2D eigenvalue weighted by Crippen LogP contribution is -2.57. The van der Waals surface area contributed by atoms with Gasteiger partial charge >= 0.3 is 0 Å². The van der Waals surface area contributed by atoms with Crippen molar-refractivity contribution in [2.45, 2.75) is 31.3 Å². The van der Waals surface area contributed by atoms with Crippen molar-refractivity contribution < 1.29 is 19.2 Å². The predicted octanol–water partition coefficient (Wildman–Crippen LogP) is -0.707. The van der Waals surface area contributed by atoms with Crippen LogP contribution in [0.5, 0.6) is 0 Å². The molecule has 2 atom stereocenters. The van der Waals surface area contributed by atoms with Gasteiger partial charge in [0.2, 0.25) is 23.6 Å². The minimum Gasteiger partial charge on any atom is -0.345 e. The van der Waals surface area contributed by atoms with E-state index in [0.717, 1.165) is 5.56 Å². The molecule has 4 amide bonds. The summed E-state index contributed by atoms with van der Waals surface area (Å²) >= 11 is 0. The fourth-order valence-electron chi connectivity index (χ4n) is 3.57. The topological polar surface area (TPSA) is 98.8 Å². The van der Waals surface area contributed by atoms with Crippen molar-refractivity contribution in [1.82, 2.24) is 20.4 Å². The lowest BCUT2D eigenvalue weighted by Gasteiger charge is -2.31. The van der Waals surface area contributed by atoms with Crippen LogP contribution >= 0.6 is 0 Å². The van der Waals surface area contributed by atoms with E-state index in [4.69, 9.17) is 0 Å². The van der Waals surface area contributed by atoms with Crippen LogP contribution in [0, 0.1) is 0 Å². The Balaban J connectivity index is 1.88. The molecule has 0 spiro atoms. The number of carbonyl (C=O) groups is 4. The molecule has 0 unspecified atom stereocenters. The van der Waals surface area contributed by atoms with Crippen molar-refractivity contribution >= 4 is 23.6 Å². The molecule has 0 aromatic heterocycles. The minimum atomic E-state index is -0.782. The molecule has 2 N–H and O–H groups in total. The number of fused-ring (bicyclic) bond motifs is 1. The molecular weight excluding hydrogens is 348 g/mol. The van der Waals surface area contributed by atoms with E-state index in [9.17, 15) is 19.2 Å². The summed E-state index contributed by atoms with van der Waals surface area (Å²) in [6.07, 6.45) is 1.60. The molecular formula is C19H24N4O4. The molecule has 2 aliphatic rings. The average Bonchev–Trinajstić information content (AvgIpc) is 3.14. The summed E-state index contributed by atoms with van der Waals surface area (Å²) in [4.78, 5) is 53.0. The van der Waals surface area contributed by atoms with Gasteiger partial charge in [-0.05, 0) is 18.4 Å². The van der Waals surface area contributed by atoms with Gasteiger partial charge in [0.05, 0.1) is 13.1 Å². The molecule has 2 saturated heterocycles. The van der Waals surface area contributed by atoms with Crippen LogP contribution in [0.1, 0.15) is 18.4 Å². The van der Waals surface area contributed by atoms with Crippen LogP contribution in [-0.2, 0) is 25.6 Å². The number of hydrogen-bond acceptors (Lipinski definition) is 4. The van der Waals surface area contributed by atoms with E-state index in [1.54, 1.807) is 4.90 Å². The first-order valence-electron chi connectivity index (χ1n) is 9.11. The van der Waals surface area contributed by atoms with E-state index in [1.807, 2.05) is 30.3 Å². The van der Waals surface area contributed by atoms with E-state index in [0.29, 0.717) is 25.8 Å². The monoisotopic (exact) mass is 372 g/mol. The van der Waals surface area contributed by atoms with Gasteiger partial charge in [-0.3, -0.25) is 19.2 Å². The Kier molecular flexibility index (Phi) is 5.73. The third-order valence-corrected chi connectivity index (χ3v) is 4.94. The lowest BCUT2D eigenvalue weighted by atomic mass is 10.0. The van der Waals surface area contributed by atoms with Crippen molar-refractivity contribution in [3.63, 3.8) is 0 Å². The number of nitrogens with zero attached hydrogens (tertiary/aromatic N) is 2. The van der Waals surface area contributed by atoms with Crippen molar-refractivity contribution in [1.29, 1.82) is 0 Å². The Morgan fingerprint density at radius 2 is 1.78 bits per heavy atom. The Morgan fingerprint density at radius 3 is 2.52 bits per heavy atom.